The third-order valence-corrected chi connectivity index (χ3v) is 4.41. The molecule has 0 aromatic carbocycles. The fourth-order valence-electron chi connectivity index (χ4n) is 3.24. The molecule has 0 aliphatic carbocycles. The molecule has 0 atom stereocenters. The molecule has 1 amide bonds. The number of aromatic nitrogens is 5. The van der Waals surface area contributed by atoms with Gasteiger partial charge in [-0.05, 0) is 38.5 Å². The summed E-state index contributed by atoms with van der Waals surface area (Å²) in [5.41, 5.74) is 16.2. The average Bonchev–Trinajstić information content (AvgIpc) is 3.16. The lowest BCUT2D eigenvalue weighted by Gasteiger charge is -2.18. The van der Waals surface area contributed by atoms with Crippen molar-refractivity contribution in [1.82, 2.24) is 24.5 Å². The molecule has 0 saturated heterocycles. The first-order valence-electron chi connectivity index (χ1n) is 8.17. The van der Waals surface area contributed by atoms with Crippen LogP contribution in [-0.4, -0.2) is 30.5 Å². The van der Waals surface area contributed by atoms with Gasteiger partial charge in [0.1, 0.15) is 5.82 Å². The zero-order valence-electron chi connectivity index (χ0n) is 14.1. The number of nitrogen functional groups attached to an aromatic ring is 1. The number of pyridine rings is 1. The molecule has 0 radical (unpaired) electrons. The van der Waals surface area contributed by atoms with Gasteiger partial charge in [-0.15, -0.1) is 0 Å². The monoisotopic (exact) mass is 337 g/mol. The summed E-state index contributed by atoms with van der Waals surface area (Å²) in [5, 5.41) is 9.14. The number of nitrogens with zero attached hydrogens (tertiary/aromatic N) is 5. The largest absolute Gasteiger partial charge is 0.384 e. The van der Waals surface area contributed by atoms with Crippen LogP contribution < -0.4 is 11.5 Å². The first-order valence-corrected chi connectivity index (χ1v) is 8.17. The van der Waals surface area contributed by atoms with E-state index in [1.807, 2.05) is 15.4 Å². The fourth-order valence-corrected chi connectivity index (χ4v) is 3.24. The highest BCUT2D eigenvalue weighted by Crippen LogP contribution is 2.37. The molecule has 8 heteroatoms. The van der Waals surface area contributed by atoms with Crippen molar-refractivity contribution < 1.29 is 4.79 Å². The number of carbonyl (C=O) groups excluding carboxylic acids is 1. The molecule has 4 rings (SSSR count). The van der Waals surface area contributed by atoms with Crippen molar-refractivity contribution in [2.45, 2.75) is 32.9 Å². The first kappa shape index (κ1) is 15.4. The van der Waals surface area contributed by atoms with E-state index in [0.717, 1.165) is 34.6 Å². The maximum absolute atomic E-state index is 11.5. The topological polar surface area (TPSA) is 118 Å². The Balaban J connectivity index is 1.94. The Hall–Kier alpha value is -3.16. The van der Waals surface area contributed by atoms with E-state index in [2.05, 4.69) is 23.9 Å². The summed E-state index contributed by atoms with van der Waals surface area (Å²) in [6.45, 7) is 4.82. The SMILES string of the molecule is CC(C)n1nc(-c2ccc(N)nc2)c2c1-c1cc(C(N)=O)nn1CC2. The normalized spacial score (nSPS) is 12.9. The molecule has 8 nitrogen and oxygen atoms in total. The molecule has 4 N–H and O–H groups in total. The predicted molar refractivity (Wildman–Crippen MR) is 93.7 cm³/mol. The molecule has 0 fully saturated rings. The maximum Gasteiger partial charge on any atom is 0.269 e. The molecule has 0 unspecified atom stereocenters. The van der Waals surface area contributed by atoms with Crippen LogP contribution in [0.3, 0.4) is 0 Å². The van der Waals surface area contributed by atoms with Crippen LogP contribution in [0.1, 0.15) is 35.9 Å². The van der Waals surface area contributed by atoms with Gasteiger partial charge in [-0.1, -0.05) is 0 Å². The first-order chi connectivity index (χ1) is 12.0. The van der Waals surface area contributed by atoms with Crippen LogP contribution in [0.4, 0.5) is 5.82 Å². The lowest BCUT2D eigenvalue weighted by atomic mass is 10.00. The molecule has 1 aliphatic rings. The number of fused-ring (bicyclic) bond motifs is 3. The number of rotatable bonds is 3. The van der Waals surface area contributed by atoms with Crippen LogP contribution in [0.15, 0.2) is 24.4 Å². The molecule has 3 aromatic heterocycles. The number of primary amides is 1. The smallest absolute Gasteiger partial charge is 0.269 e. The Morgan fingerprint density at radius 2 is 2.08 bits per heavy atom. The van der Waals surface area contributed by atoms with Gasteiger partial charge in [0.25, 0.3) is 5.91 Å². The molecule has 0 saturated carbocycles. The van der Waals surface area contributed by atoms with Crippen LogP contribution in [0.2, 0.25) is 0 Å². The van der Waals surface area contributed by atoms with Crippen molar-refractivity contribution in [2.24, 2.45) is 5.73 Å². The minimum atomic E-state index is -0.526. The van der Waals surface area contributed by atoms with Gasteiger partial charge in [0.2, 0.25) is 0 Å². The van der Waals surface area contributed by atoms with Crippen molar-refractivity contribution in [1.29, 1.82) is 0 Å². The number of anilines is 1. The zero-order valence-corrected chi connectivity index (χ0v) is 14.1. The van der Waals surface area contributed by atoms with E-state index in [4.69, 9.17) is 16.6 Å². The number of nitrogens with two attached hydrogens (primary N) is 2. The predicted octanol–water partition coefficient (Wildman–Crippen LogP) is 1.63. The highest BCUT2D eigenvalue weighted by atomic mass is 16.1. The van der Waals surface area contributed by atoms with Crippen LogP contribution in [0, 0.1) is 0 Å². The average molecular weight is 337 g/mol. The maximum atomic E-state index is 11.5. The third kappa shape index (κ3) is 2.37. The summed E-state index contributed by atoms with van der Waals surface area (Å²) in [6, 6.07) is 5.60. The molecule has 0 bridgehead atoms. The van der Waals surface area contributed by atoms with Gasteiger partial charge in [-0.25, -0.2) is 4.98 Å². The lowest BCUT2D eigenvalue weighted by molar-refractivity contribution is 0.0994. The van der Waals surface area contributed by atoms with Crippen LogP contribution >= 0.6 is 0 Å². The molecular weight excluding hydrogens is 318 g/mol. The van der Waals surface area contributed by atoms with Crippen molar-refractivity contribution in [2.75, 3.05) is 5.73 Å². The Morgan fingerprint density at radius 3 is 2.72 bits per heavy atom. The number of hydrogen-bond acceptors (Lipinski definition) is 5. The molecular formula is C17H19N7O. The summed E-state index contributed by atoms with van der Waals surface area (Å²) in [7, 11) is 0. The van der Waals surface area contributed by atoms with E-state index in [-0.39, 0.29) is 11.7 Å². The van der Waals surface area contributed by atoms with E-state index in [1.54, 1.807) is 18.3 Å². The Kier molecular flexibility index (Phi) is 3.34. The zero-order chi connectivity index (χ0) is 17.7. The van der Waals surface area contributed by atoms with Crippen molar-refractivity contribution in [3.8, 4) is 22.6 Å². The van der Waals surface area contributed by atoms with E-state index >= 15 is 0 Å². The van der Waals surface area contributed by atoms with Gasteiger partial charge < -0.3 is 11.5 Å². The number of hydrogen-bond donors (Lipinski definition) is 2. The van der Waals surface area contributed by atoms with Crippen molar-refractivity contribution in [3.63, 3.8) is 0 Å². The Labute approximate surface area is 144 Å². The van der Waals surface area contributed by atoms with E-state index < -0.39 is 5.91 Å². The molecule has 128 valence electrons. The molecule has 1 aliphatic heterocycles. The summed E-state index contributed by atoms with van der Waals surface area (Å²) >= 11 is 0. The molecule has 3 aromatic rings. The summed E-state index contributed by atoms with van der Waals surface area (Å²) in [4.78, 5) is 15.7. The van der Waals surface area contributed by atoms with Crippen molar-refractivity contribution >= 4 is 11.7 Å². The number of carbonyl (C=O) groups is 1. The summed E-state index contributed by atoms with van der Waals surface area (Å²) in [5.74, 6) is -0.0490. The van der Waals surface area contributed by atoms with Crippen molar-refractivity contribution in [3.05, 3.63) is 35.7 Å². The number of aryl methyl sites for hydroxylation is 1. The standard InChI is InChI=1S/C17H19N7O/c1-9(2)24-16-11(15(22-24)10-3-4-14(18)20-8-10)5-6-23-13(16)7-12(21-23)17(19)25/h3-4,7-9H,5-6H2,1-2H3,(H2,18,20)(H2,19,25). The second-order valence-electron chi connectivity index (χ2n) is 6.44. The quantitative estimate of drug-likeness (QED) is 0.753. The fraction of sp³-hybridized carbons (Fsp3) is 0.294. The summed E-state index contributed by atoms with van der Waals surface area (Å²) < 4.78 is 3.80. The molecule has 4 heterocycles. The third-order valence-electron chi connectivity index (χ3n) is 4.41. The van der Waals surface area contributed by atoms with Crippen LogP contribution in [-0.2, 0) is 13.0 Å². The van der Waals surface area contributed by atoms with Gasteiger partial charge in [0.05, 0.1) is 17.1 Å². The van der Waals surface area contributed by atoms with Gasteiger partial charge in [-0.2, -0.15) is 10.2 Å². The van der Waals surface area contributed by atoms with E-state index in [1.165, 1.54) is 0 Å². The highest BCUT2D eigenvalue weighted by Gasteiger charge is 2.29. The Bertz CT molecular complexity index is 966. The second kappa shape index (κ2) is 5.44. The van der Waals surface area contributed by atoms with Crippen LogP contribution in [0.5, 0.6) is 0 Å². The lowest BCUT2D eigenvalue weighted by Crippen LogP contribution is -2.16. The number of amides is 1. The van der Waals surface area contributed by atoms with Gasteiger partial charge in [-0.3, -0.25) is 14.2 Å². The summed E-state index contributed by atoms with van der Waals surface area (Å²) in [6.07, 6.45) is 2.51. The van der Waals surface area contributed by atoms with E-state index in [9.17, 15) is 4.79 Å². The van der Waals surface area contributed by atoms with Crippen LogP contribution in [0.25, 0.3) is 22.6 Å². The van der Waals surface area contributed by atoms with Gasteiger partial charge in [0, 0.05) is 29.9 Å². The highest BCUT2D eigenvalue weighted by molar-refractivity contribution is 5.92. The molecule has 0 spiro atoms. The van der Waals surface area contributed by atoms with Gasteiger partial charge in [0.15, 0.2) is 5.69 Å². The van der Waals surface area contributed by atoms with E-state index in [0.29, 0.717) is 12.4 Å². The van der Waals surface area contributed by atoms with Gasteiger partial charge >= 0.3 is 0 Å². The second-order valence-corrected chi connectivity index (χ2v) is 6.44. The Morgan fingerprint density at radius 1 is 1.28 bits per heavy atom. The minimum Gasteiger partial charge on any atom is -0.384 e. The minimum absolute atomic E-state index is 0.155. The molecule has 25 heavy (non-hydrogen) atoms.